The van der Waals surface area contributed by atoms with Crippen LogP contribution in [0.15, 0.2) is 35.8 Å². The molecule has 9 heteroatoms. The highest BCUT2D eigenvalue weighted by Gasteiger charge is 2.20. The third-order valence-electron chi connectivity index (χ3n) is 5.25. The van der Waals surface area contributed by atoms with Crippen LogP contribution >= 0.6 is 0 Å². The molecule has 1 aromatic heterocycles. The summed E-state index contributed by atoms with van der Waals surface area (Å²) in [6.07, 6.45) is 1.82. The van der Waals surface area contributed by atoms with Gasteiger partial charge in [-0.25, -0.2) is 9.38 Å². The van der Waals surface area contributed by atoms with Gasteiger partial charge in [0.1, 0.15) is 12.4 Å². The normalized spacial score (nSPS) is 15.3. The van der Waals surface area contributed by atoms with Crippen molar-refractivity contribution in [3.63, 3.8) is 0 Å². The average molecular weight is 416 g/mol. The molecule has 8 nitrogen and oxygen atoms in total. The Morgan fingerprint density at radius 2 is 2.07 bits per heavy atom. The van der Waals surface area contributed by atoms with Crippen LogP contribution < -0.4 is 10.1 Å². The second-order valence-corrected chi connectivity index (χ2v) is 7.26. The van der Waals surface area contributed by atoms with Crippen LogP contribution in [-0.4, -0.2) is 70.4 Å². The lowest BCUT2D eigenvalue weighted by molar-refractivity contribution is 0.172. The average Bonchev–Trinajstić information content (AvgIpc) is 3.07. The minimum Gasteiger partial charge on any atom is -0.494 e. The molecule has 1 fully saturated rings. The summed E-state index contributed by atoms with van der Waals surface area (Å²) in [6, 6.07) is 5.14. The van der Waals surface area contributed by atoms with E-state index in [0.29, 0.717) is 19.6 Å². The van der Waals surface area contributed by atoms with Crippen molar-refractivity contribution in [1.82, 2.24) is 29.9 Å². The van der Waals surface area contributed by atoms with E-state index >= 15 is 0 Å². The van der Waals surface area contributed by atoms with E-state index in [1.807, 2.05) is 30.7 Å². The molecule has 1 N–H and O–H groups in total. The Bertz CT molecular complexity index is 887. The fourth-order valence-corrected chi connectivity index (χ4v) is 3.35. The molecule has 2 aromatic rings. The molecule has 0 spiro atoms. The number of aryl methyl sites for hydroxylation is 1. The molecule has 30 heavy (non-hydrogen) atoms. The molecule has 0 aliphatic carbocycles. The number of hydrogen-bond donors (Lipinski definition) is 1. The first-order chi connectivity index (χ1) is 14.5. The van der Waals surface area contributed by atoms with Gasteiger partial charge in [0.25, 0.3) is 0 Å². The summed E-state index contributed by atoms with van der Waals surface area (Å²) in [5.41, 5.74) is 0.943. The van der Waals surface area contributed by atoms with Gasteiger partial charge in [-0.2, -0.15) is 0 Å². The van der Waals surface area contributed by atoms with Gasteiger partial charge in [0, 0.05) is 46.3 Å². The van der Waals surface area contributed by atoms with Gasteiger partial charge in [0.15, 0.2) is 23.4 Å². The highest BCUT2D eigenvalue weighted by Crippen LogP contribution is 2.19. The lowest BCUT2D eigenvalue weighted by atomic mass is 10.2. The number of methoxy groups -OCH3 is 1. The zero-order valence-electron chi connectivity index (χ0n) is 17.9. The Hall–Kier alpha value is -2.94. The highest BCUT2D eigenvalue weighted by molar-refractivity contribution is 5.80. The number of hydrogen-bond acceptors (Lipinski definition) is 5. The molecule has 0 saturated carbocycles. The van der Waals surface area contributed by atoms with Crippen LogP contribution in [0.5, 0.6) is 5.75 Å². The molecule has 0 radical (unpaired) electrons. The SMILES string of the molecule is C=CCNC(=NCc1nnc(C)n1C)N1CCN(Cc2ccc(OC)c(F)c2)CC1. The Kier molecular flexibility index (Phi) is 7.40. The van der Waals surface area contributed by atoms with Gasteiger partial charge in [-0.05, 0) is 24.6 Å². The maximum atomic E-state index is 14.0. The molecule has 3 rings (SSSR count). The maximum absolute atomic E-state index is 14.0. The van der Waals surface area contributed by atoms with E-state index in [2.05, 4.69) is 31.9 Å². The van der Waals surface area contributed by atoms with Gasteiger partial charge < -0.3 is 19.5 Å². The van der Waals surface area contributed by atoms with Crippen molar-refractivity contribution < 1.29 is 9.13 Å². The zero-order valence-corrected chi connectivity index (χ0v) is 17.9. The van der Waals surface area contributed by atoms with E-state index in [1.54, 1.807) is 12.1 Å². The van der Waals surface area contributed by atoms with E-state index in [9.17, 15) is 4.39 Å². The van der Waals surface area contributed by atoms with Gasteiger partial charge in [-0.1, -0.05) is 12.1 Å². The van der Waals surface area contributed by atoms with Crippen molar-refractivity contribution in [2.75, 3.05) is 39.8 Å². The van der Waals surface area contributed by atoms with E-state index in [-0.39, 0.29) is 11.6 Å². The third-order valence-corrected chi connectivity index (χ3v) is 5.25. The van der Waals surface area contributed by atoms with Crippen LogP contribution in [0.3, 0.4) is 0 Å². The van der Waals surface area contributed by atoms with Crippen LogP contribution in [0.2, 0.25) is 0 Å². The molecule has 0 bridgehead atoms. The molecule has 1 saturated heterocycles. The van der Waals surface area contributed by atoms with E-state index in [4.69, 9.17) is 9.73 Å². The maximum Gasteiger partial charge on any atom is 0.194 e. The molecule has 0 atom stereocenters. The van der Waals surface area contributed by atoms with Crippen LogP contribution in [0, 0.1) is 12.7 Å². The number of benzene rings is 1. The Labute approximate surface area is 177 Å². The number of rotatable bonds is 7. The summed E-state index contributed by atoms with van der Waals surface area (Å²) in [5.74, 6) is 2.48. The number of aromatic nitrogens is 3. The van der Waals surface area contributed by atoms with Gasteiger partial charge in [0.05, 0.1) is 7.11 Å². The van der Waals surface area contributed by atoms with Crippen molar-refractivity contribution in [1.29, 1.82) is 0 Å². The van der Waals surface area contributed by atoms with Crippen molar-refractivity contribution in [3.05, 3.63) is 53.9 Å². The van der Waals surface area contributed by atoms with Crippen LogP contribution in [0.4, 0.5) is 4.39 Å². The van der Waals surface area contributed by atoms with Gasteiger partial charge in [0.2, 0.25) is 0 Å². The van der Waals surface area contributed by atoms with Crippen molar-refractivity contribution in [2.45, 2.75) is 20.0 Å². The number of nitrogens with one attached hydrogen (secondary N) is 1. The van der Waals surface area contributed by atoms with Gasteiger partial charge >= 0.3 is 0 Å². The number of ether oxygens (including phenoxy) is 1. The molecule has 1 aliphatic heterocycles. The number of nitrogens with zero attached hydrogens (tertiary/aromatic N) is 6. The molecule has 1 aromatic carbocycles. The van der Waals surface area contributed by atoms with E-state index < -0.39 is 0 Å². The molecule has 2 heterocycles. The lowest BCUT2D eigenvalue weighted by Crippen LogP contribution is -2.52. The van der Waals surface area contributed by atoms with E-state index in [0.717, 1.165) is 49.4 Å². The van der Waals surface area contributed by atoms with E-state index in [1.165, 1.54) is 7.11 Å². The molecule has 0 unspecified atom stereocenters. The highest BCUT2D eigenvalue weighted by atomic mass is 19.1. The summed E-state index contributed by atoms with van der Waals surface area (Å²) < 4.78 is 20.9. The lowest BCUT2D eigenvalue weighted by Gasteiger charge is -2.36. The van der Waals surface area contributed by atoms with Crippen LogP contribution in [0.25, 0.3) is 0 Å². The minimum atomic E-state index is -0.323. The predicted octanol–water partition coefficient (Wildman–Crippen LogP) is 1.72. The minimum absolute atomic E-state index is 0.274. The van der Waals surface area contributed by atoms with Crippen molar-refractivity contribution >= 4 is 5.96 Å². The first-order valence-electron chi connectivity index (χ1n) is 10.1. The molecule has 162 valence electrons. The second kappa shape index (κ2) is 10.2. The van der Waals surface area contributed by atoms with Gasteiger partial charge in [-0.15, -0.1) is 16.8 Å². The standard InChI is InChI=1S/C21H30FN7O/c1-5-8-23-21(24-14-20-26-25-16(2)27(20)3)29-11-9-28(10-12-29)15-17-6-7-19(30-4)18(22)13-17/h5-7,13H,1,8-12,14-15H2,2-4H3,(H,23,24). The molecule has 1 aliphatic rings. The van der Waals surface area contributed by atoms with Gasteiger partial charge in [-0.3, -0.25) is 4.90 Å². The number of guanidine groups is 1. The topological polar surface area (TPSA) is 70.8 Å². The monoisotopic (exact) mass is 415 g/mol. The largest absolute Gasteiger partial charge is 0.494 e. The predicted molar refractivity (Wildman–Crippen MR) is 115 cm³/mol. The zero-order chi connectivity index (χ0) is 21.5. The summed E-state index contributed by atoms with van der Waals surface area (Å²) in [5, 5.41) is 11.6. The number of piperazine rings is 1. The molecular weight excluding hydrogens is 385 g/mol. The quantitative estimate of drug-likeness (QED) is 0.422. The third kappa shape index (κ3) is 5.35. The Balaban J connectivity index is 1.59. The first-order valence-corrected chi connectivity index (χ1v) is 10.1. The summed E-state index contributed by atoms with van der Waals surface area (Å²) in [6.45, 7) is 10.9. The van der Waals surface area contributed by atoms with Crippen molar-refractivity contribution in [2.24, 2.45) is 12.0 Å². The fraction of sp³-hybridized carbons (Fsp3) is 0.476. The van der Waals surface area contributed by atoms with Crippen LogP contribution in [0.1, 0.15) is 17.2 Å². The Morgan fingerprint density at radius 1 is 1.30 bits per heavy atom. The number of halogens is 1. The summed E-state index contributed by atoms with van der Waals surface area (Å²) >= 11 is 0. The van der Waals surface area contributed by atoms with Crippen LogP contribution in [-0.2, 0) is 20.1 Å². The fourth-order valence-electron chi connectivity index (χ4n) is 3.35. The summed E-state index contributed by atoms with van der Waals surface area (Å²) in [4.78, 5) is 9.30. The molecule has 0 amide bonds. The molecular formula is C21H30FN7O. The Morgan fingerprint density at radius 3 is 2.67 bits per heavy atom. The van der Waals surface area contributed by atoms with Crippen molar-refractivity contribution in [3.8, 4) is 5.75 Å². The number of aliphatic imine (C=N–C) groups is 1. The smallest absolute Gasteiger partial charge is 0.194 e. The second-order valence-electron chi connectivity index (χ2n) is 7.26. The first kappa shape index (κ1) is 21.8. The summed E-state index contributed by atoms with van der Waals surface area (Å²) in [7, 11) is 3.42.